The van der Waals surface area contributed by atoms with E-state index in [0.717, 1.165) is 31.2 Å². The molecule has 116 valence electrons. The first-order chi connectivity index (χ1) is 10.5. The predicted octanol–water partition coefficient (Wildman–Crippen LogP) is 3.18. The summed E-state index contributed by atoms with van der Waals surface area (Å²) in [6.07, 6.45) is 4.22. The molecule has 0 bridgehead atoms. The minimum Gasteiger partial charge on any atom is -0.207 e. The molecule has 0 saturated carbocycles. The lowest BCUT2D eigenvalue weighted by Crippen LogP contribution is -2.23. The standard InChI is InChI=1S/C17H18FNO2S/c18-16-7-3-4-13(10-16)12-19-22(20,21)17-9-8-14-5-1-2-6-15(14)11-17/h3-4,7-11,19H,1-2,5-6,12H2. The Kier molecular flexibility index (Phi) is 4.27. The van der Waals surface area contributed by atoms with Crippen LogP contribution >= 0.6 is 0 Å². The zero-order valence-electron chi connectivity index (χ0n) is 12.2. The maximum absolute atomic E-state index is 13.1. The van der Waals surface area contributed by atoms with Crippen LogP contribution in [0.4, 0.5) is 4.39 Å². The van der Waals surface area contributed by atoms with Crippen LogP contribution in [0.25, 0.3) is 0 Å². The molecule has 3 rings (SSSR count). The zero-order valence-corrected chi connectivity index (χ0v) is 13.0. The number of hydrogen-bond acceptors (Lipinski definition) is 2. The normalized spacial score (nSPS) is 14.6. The smallest absolute Gasteiger partial charge is 0.207 e. The SMILES string of the molecule is O=S(=O)(NCc1cccc(F)c1)c1ccc2c(c1)CCCC2. The molecule has 1 N–H and O–H groups in total. The van der Waals surface area contributed by atoms with Crippen molar-refractivity contribution in [3.63, 3.8) is 0 Å². The molecule has 2 aromatic carbocycles. The summed E-state index contributed by atoms with van der Waals surface area (Å²) >= 11 is 0. The van der Waals surface area contributed by atoms with Gasteiger partial charge in [-0.2, -0.15) is 0 Å². The topological polar surface area (TPSA) is 46.2 Å². The monoisotopic (exact) mass is 319 g/mol. The van der Waals surface area contributed by atoms with Gasteiger partial charge in [0.1, 0.15) is 5.82 Å². The lowest BCUT2D eigenvalue weighted by atomic mass is 9.92. The van der Waals surface area contributed by atoms with Gasteiger partial charge < -0.3 is 0 Å². The molecule has 0 aromatic heterocycles. The van der Waals surface area contributed by atoms with Crippen LogP contribution in [0.5, 0.6) is 0 Å². The van der Waals surface area contributed by atoms with Crippen LogP contribution in [-0.4, -0.2) is 8.42 Å². The largest absolute Gasteiger partial charge is 0.240 e. The molecule has 0 heterocycles. The second-order valence-electron chi connectivity index (χ2n) is 5.59. The summed E-state index contributed by atoms with van der Waals surface area (Å²) in [6.45, 7) is 0.0805. The number of aryl methyl sites for hydroxylation is 2. The van der Waals surface area contributed by atoms with Crippen molar-refractivity contribution in [1.29, 1.82) is 0 Å². The molecule has 0 spiro atoms. The van der Waals surface area contributed by atoms with Crippen LogP contribution in [0.2, 0.25) is 0 Å². The van der Waals surface area contributed by atoms with Crippen molar-refractivity contribution in [1.82, 2.24) is 4.72 Å². The molecule has 0 amide bonds. The Hall–Kier alpha value is -1.72. The van der Waals surface area contributed by atoms with E-state index in [1.54, 1.807) is 24.3 Å². The molecular formula is C17H18FNO2S. The summed E-state index contributed by atoms with van der Waals surface area (Å²) in [4.78, 5) is 0.282. The van der Waals surface area contributed by atoms with Gasteiger partial charge in [0.05, 0.1) is 4.90 Å². The lowest BCUT2D eigenvalue weighted by Gasteiger charge is -2.16. The van der Waals surface area contributed by atoms with Crippen molar-refractivity contribution in [2.75, 3.05) is 0 Å². The van der Waals surface area contributed by atoms with Crippen LogP contribution in [0.1, 0.15) is 29.5 Å². The maximum atomic E-state index is 13.1. The summed E-state index contributed by atoms with van der Waals surface area (Å²) in [5, 5.41) is 0. The summed E-state index contributed by atoms with van der Waals surface area (Å²) in [7, 11) is -3.58. The van der Waals surface area contributed by atoms with Gasteiger partial charge in [-0.25, -0.2) is 17.5 Å². The van der Waals surface area contributed by atoms with Crippen molar-refractivity contribution in [3.05, 3.63) is 65.0 Å². The molecule has 1 aliphatic rings. The molecule has 3 nitrogen and oxygen atoms in total. The van der Waals surface area contributed by atoms with Crippen LogP contribution in [0.3, 0.4) is 0 Å². The predicted molar refractivity (Wildman–Crippen MR) is 83.5 cm³/mol. The second-order valence-corrected chi connectivity index (χ2v) is 7.36. The first kappa shape index (κ1) is 15.2. The minimum atomic E-state index is -3.58. The summed E-state index contributed by atoms with van der Waals surface area (Å²) in [5.74, 6) is -0.370. The maximum Gasteiger partial charge on any atom is 0.240 e. The number of benzene rings is 2. The summed E-state index contributed by atoms with van der Waals surface area (Å²) in [6, 6.07) is 11.2. The Labute approximate surface area is 130 Å². The number of hydrogen-bond donors (Lipinski definition) is 1. The van der Waals surface area contributed by atoms with Gasteiger partial charge in [-0.15, -0.1) is 0 Å². The number of rotatable bonds is 4. The molecule has 5 heteroatoms. The Morgan fingerprint density at radius 3 is 2.55 bits per heavy atom. The van der Waals surface area contributed by atoms with E-state index in [2.05, 4.69) is 4.72 Å². The Morgan fingerprint density at radius 1 is 1.00 bits per heavy atom. The second kappa shape index (κ2) is 6.18. The van der Waals surface area contributed by atoms with E-state index in [-0.39, 0.29) is 17.3 Å². The molecule has 0 saturated heterocycles. The van der Waals surface area contributed by atoms with Gasteiger partial charge in [0.15, 0.2) is 0 Å². The van der Waals surface area contributed by atoms with Gasteiger partial charge in [0.25, 0.3) is 0 Å². The highest BCUT2D eigenvalue weighted by Crippen LogP contribution is 2.24. The van der Waals surface area contributed by atoms with Gasteiger partial charge in [-0.1, -0.05) is 18.2 Å². The molecule has 0 fully saturated rings. The van der Waals surface area contributed by atoms with Crippen LogP contribution in [0.15, 0.2) is 47.4 Å². The number of fused-ring (bicyclic) bond motifs is 1. The number of sulfonamides is 1. The van der Waals surface area contributed by atoms with E-state index in [4.69, 9.17) is 0 Å². The molecular weight excluding hydrogens is 301 g/mol. The van der Waals surface area contributed by atoms with Crippen LogP contribution < -0.4 is 4.72 Å². The van der Waals surface area contributed by atoms with Crippen molar-refractivity contribution >= 4 is 10.0 Å². The van der Waals surface area contributed by atoms with E-state index < -0.39 is 10.0 Å². The first-order valence-corrected chi connectivity index (χ1v) is 8.89. The first-order valence-electron chi connectivity index (χ1n) is 7.40. The molecule has 0 atom stereocenters. The fourth-order valence-corrected chi connectivity index (χ4v) is 3.85. The quantitative estimate of drug-likeness (QED) is 0.941. The average Bonchev–Trinajstić information content (AvgIpc) is 2.53. The van der Waals surface area contributed by atoms with Gasteiger partial charge >= 0.3 is 0 Å². The van der Waals surface area contributed by atoms with E-state index in [9.17, 15) is 12.8 Å². The van der Waals surface area contributed by atoms with Crippen molar-refractivity contribution in [2.24, 2.45) is 0 Å². The Morgan fingerprint density at radius 2 is 1.77 bits per heavy atom. The highest BCUT2D eigenvalue weighted by molar-refractivity contribution is 7.89. The van der Waals surface area contributed by atoms with Crippen molar-refractivity contribution in [2.45, 2.75) is 37.1 Å². The highest BCUT2D eigenvalue weighted by atomic mass is 32.2. The molecule has 1 aliphatic carbocycles. The third-order valence-corrected chi connectivity index (χ3v) is 5.38. The fourth-order valence-electron chi connectivity index (χ4n) is 2.79. The highest BCUT2D eigenvalue weighted by Gasteiger charge is 2.17. The third kappa shape index (κ3) is 3.36. The van der Waals surface area contributed by atoms with Gasteiger partial charge in [-0.3, -0.25) is 0 Å². The van der Waals surface area contributed by atoms with Gasteiger partial charge in [0.2, 0.25) is 10.0 Å². The Bertz CT molecular complexity index is 787. The third-order valence-electron chi connectivity index (χ3n) is 3.99. The van der Waals surface area contributed by atoms with Crippen LogP contribution in [-0.2, 0) is 29.4 Å². The van der Waals surface area contributed by atoms with E-state index in [1.165, 1.54) is 17.7 Å². The Balaban J connectivity index is 1.78. The van der Waals surface area contributed by atoms with E-state index in [0.29, 0.717) is 5.56 Å². The lowest BCUT2D eigenvalue weighted by molar-refractivity contribution is 0.579. The van der Waals surface area contributed by atoms with E-state index in [1.807, 2.05) is 6.07 Å². The minimum absolute atomic E-state index is 0.0805. The van der Waals surface area contributed by atoms with Crippen molar-refractivity contribution < 1.29 is 12.8 Å². The number of halogens is 1. The van der Waals surface area contributed by atoms with E-state index >= 15 is 0 Å². The average molecular weight is 319 g/mol. The summed E-state index contributed by atoms with van der Waals surface area (Å²) in [5.41, 5.74) is 2.97. The van der Waals surface area contributed by atoms with Crippen LogP contribution in [0, 0.1) is 5.82 Å². The van der Waals surface area contributed by atoms with Crippen molar-refractivity contribution in [3.8, 4) is 0 Å². The zero-order chi connectivity index (χ0) is 15.6. The molecule has 2 aromatic rings. The number of nitrogens with one attached hydrogen (secondary N) is 1. The van der Waals surface area contributed by atoms with Gasteiger partial charge in [0, 0.05) is 6.54 Å². The molecule has 22 heavy (non-hydrogen) atoms. The van der Waals surface area contributed by atoms with Gasteiger partial charge in [-0.05, 0) is 66.6 Å². The molecule has 0 aliphatic heterocycles. The fraction of sp³-hybridized carbons (Fsp3) is 0.294. The molecule has 0 radical (unpaired) electrons. The molecule has 0 unspecified atom stereocenters. The summed E-state index contributed by atoms with van der Waals surface area (Å²) < 4.78 is 40.4.